The van der Waals surface area contributed by atoms with Crippen molar-refractivity contribution >= 4 is 35.0 Å². The third kappa shape index (κ3) is 7.20. The van der Waals surface area contributed by atoms with E-state index >= 15 is 0 Å². The van der Waals surface area contributed by atoms with E-state index < -0.39 is 0 Å². The zero-order valence-electron chi connectivity index (χ0n) is 13.3. The number of hydrazine groups is 1. The predicted molar refractivity (Wildman–Crippen MR) is 98.2 cm³/mol. The molecule has 1 heterocycles. The summed E-state index contributed by atoms with van der Waals surface area (Å²) in [6, 6.07) is 8.33. The van der Waals surface area contributed by atoms with Crippen molar-refractivity contribution in [3.63, 3.8) is 0 Å². The second-order valence-corrected chi connectivity index (χ2v) is 6.89. The first-order valence-electron chi connectivity index (χ1n) is 7.71. The summed E-state index contributed by atoms with van der Waals surface area (Å²) >= 11 is 6.68. The van der Waals surface area contributed by atoms with E-state index in [0.717, 1.165) is 25.2 Å². The molecule has 1 aliphatic rings. The topological polar surface area (TPSA) is 62.4 Å². The molecule has 23 heavy (non-hydrogen) atoms. The van der Waals surface area contributed by atoms with E-state index in [1.54, 1.807) is 11.8 Å². The van der Waals surface area contributed by atoms with Crippen LogP contribution in [0.5, 0.6) is 0 Å². The molecule has 0 spiro atoms. The van der Waals surface area contributed by atoms with Crippen LogP contribution in [0.4, 0.5) is 0 Å². The number of hydrogen-bond donors (Lipinski definition) is 3. The molecule has 1 aromatic carbocycles. The van der Waals surface area contributed by atoms with Gasteiger partial charge in [-0.3, -0.25) is 15.6 Å². The van der Waals surface area contributed by atoms with Gasteiger partial charge >= 0.3 is 0 Å². The Morgan fingerprint density at radius 2 is 2.13 bits per heavy atom. The number of aryl methyl sites for hydroxylation is 1. The molecule has 5 nitrogen and oxygen atoms in total. The number of carbonyl (C=O) groups excluding carboxylic acids is 1. The van der Waals surface area contributed by atoms with Gasteiger partial charge in [0.15, 0.2) is 5.11 Å². The Kier molecular flexibility index (Phi) is 7.64. The fraction of sp³-hybridized carbons (Fsp3) is 0.500. The van der Waals surface area contributed by atoms with Crippen molar-refractivity contribution < 1.29 is 9.53 Å². The molecular weight excluding hydrogens is 330 g/mol. The summed E-state index contributed by atoms with van der Waals surface area (Å²) in [5.74, 6) is 1.10. The van der Waals surface area contributed by atoms with E-state index in [4.69, 9.17) is 17.0 Å². The molecule has 0 unspecified atom stereocenters. The molecule has 1 fully saturated rings. The van der Waals surface area contributed by atoms with Gasteiger partial charge in [-0.05, 0) is 37.5 Å². The highest BCUT2D eigenvalue weighted by Gasteiger charge is 2.15. The van der Waals surface area contributed by atoms with Crippen LogP contribution in [0.25, 0.3) is 0 Å². The molecular formula is C16H23N3O2S2. The molecule has 7 heteroatoms. The first kappa shape index (κ1) is 18.0. The van der Waals surface area contributed by atoms with Gasteiger partial charge in [0.1, 0.15) is 0 Å². The summed E-state index contributed by atoms with van der Waals surface area (Å²) in [4.78, 5) is 11.7. The minimum absolute atomic E-state index is 0.0941. The van der Waals surface area contributed by atoms with Gasteiger partial charge in [0.2, 0.25) is 5.91 Å². The number of carbonyl (C=O) groups is 1. The van der Waals surface area contributed by atoms with E-state index in [-0.39, 0.29) is 12.0 Å². The highest BCUT2D eigenvalue weighted by molar-refractivity contribution is 7.99. The summed E-state index contributed by atoms with van der Waals surface area (Å²) in [6.45, 7) is 3.55. The van der Waals surface area contributed by atoms with Crippen LogP contribution in [0, 0.1) is 6.92 Å². The van der Waals surface area contributed by atoms with Crippen LogP contribution in [0.15, 0.2) is 24.3 Å². The molecule has 1 amide bonds. The fourth-order valence-corrected chi connectivity index (χ4v) is 3.09. The molecule has 1 aliphatic heterocycles. The Morgan fingerprint density at radius 1 is 1.35 bits per heavy atom. The summed E-state index contributed by atoms with van der Waals surface area (Å²) in [7, 11) is 0. The minimum Gasteiger partial charge on any atom is -0.376 e. The summed E-state index contributed by atoms with van der Waals surface area (Å²) in [6.07, 6.45) is 2.37. The molecule has 3 N–H and O–H groups in total. The van der Waals surface area contributed by atoms with Crippen molar-refractivity contribution in [2.45, 2.75) is 31.6 Å². The summed E-state index contributed by atoms with van der Waals surface area (Å²) in [5, 5.41) is 3.46. The van der Waals surface area contributed by atoms with Crippen LogP contribution in [0.2, 0.25) is 0 Å². The molecule has 1 aromatic rings. The smallest absolute Gasteiger partial charge is 0.248 e. The number of rotatable bonds is 6. The lowest BCUT2D eigenvalue weighted by atomic mass is 10.2. The highest BCUT2D eigenvalue weighted by atomic mass is 32.2. The zero-order valence-corrected chi connectivity index (χ0v) is 14.9. The van der Waals surface area contributed by atoms with E-state index in [2.05, 4.69) is 47.4 Å². The third-order valence-electron chi connectivity index (χ3n) is 3.45. The van der Waals surface area contributed by atoms with Crippen LogP contribution in [0.1, 0.15) is 24.0 Å². The van der Waals surface area contributed by atoms with Crippen molar-refractivity contribution in [2.75, 3.05) is 18.9 Å². The Hall–Kier alpha value is -1.31. The van der Waals surface area contributed by atoms with Gasteiger partial charge in [-0.25, -0.2) is 0 Å². The first-order chi connectivity index (χ1) is 11.1. The SMILES string of the molecule is Cc1ccc(CSCC(=O)NNC(=S)NC[C@@H]2CCCO2)cc1. The average Bonchev–Trinajstić information content (AvgIpc) is 3.06. The molecule has 0 aliphatic carbocycles. The second-order valence-electron chi connectivity index (χ2n) is 5.50. The fourth-order valence-electron chi connectivity index (χ4n) is 2.16. The second kappa shape index (κ2) is 9.75. The minimum atomic E-state index is -0.0941. The Balaban J connectivity index is 1.53. The van der Waals surface area contributed by atoms with Gasteiger partial charge in [0.25, 0.3) is 0 Å². The average molecular weight is 354 g/mol. The maximum atomic E-state index is 11.7. The predicted octanol–water partition coefficient (Wildman–Crippen LogP) is 1.90. The maximum Gasteiger partial charge on any atom is 0.248 e. The lowest BCUT2D eigenvalue weighted by molar-refractivity contribution is -0.119. The lowest BCUT2D eigenvalue weighted by Crippen LogP contribution is -2.48. The summed E-state index contributed by atoms with van der Waals surface area (Å²) < 4.78 is 5.49. The van der Waals surface area contributed by atoms with Crippen LogP contribution >= 0.6 is 24.0 Å². The number of benzene rings is 1. The van der Waals surface area contributed by atoms with E-state index in [0.29, 0.717) is 17.4 Å². The first-order valence-corrected chi connectivity index (χ1v) is 9.27. The molecule has 2 rings (SSSR count). The van der Waals surface area contributed by atoms with E-state index in [9.17, 15) is 4.79 Å². The Labute approximate surface area is 146 Å². The Bertz CT molecular complexity index is 517. The third-order valence-corrected chi connectivity index (χ3v) is 4.70. The molecule has 1 atom stereocenters. The highest BCUT2D eigenvalue weighted by Crippen LogP contribution is 2.12. The van der Waals surface area contributed by atoms with Gasteiger partial charge in [0, 0.05) is 18.9 Å². The van der Waals surface area contributed by atoms with Crippen LogP contribution in [-0.2, 0) is 15.3 Å². The number of ether oxygens (including phenoxy) is 1. The van der Waals surface area contributed by atoms with Gasteiger partial charge in [0.05, 0.1) is 11.9 Å². The van der Waals surface area contributed by atoms with Crippen LogP contribution in [0.3, 0.4) is 0 Å². The van der Waals surface area contributed by atoms with Crippen molar-refractivity contribution in [3.8, 4) is 0 Å². The maximum absolute atomic E-state index is 11.7. The number of hydrogen-bond acceptors (Lipinski definition) is 4. The van der Waals surface area contributed by atoms with E-state index in [1.165, 1.54) is 11.1 Å². The van der Waals surface area contributed by atoms with Gasteiger partial charge < -0.3 is 10.1 Å². The molecule has 126 valence electrons. The molecule has 0 bridgehead atoms. The molecule has 1 saturated heterocycles. The standard InChI is InChI=1S/C16H23N3O2S2/c1-12-4-6-13(7-5-12)10-23-11-15(20)18-19-16(22)17-9-14-3-2-8-21-14/h4-7,14H,2-3,8-11H2,1H3,(H,18,20)(H2,17,19,22)/t14-/m0/s1. The van der Waals surface area contributed by atoms with Gasteiger partial charge in [-0.15, -0.1) is 11.8 Å². The number of thioether (sulfide) groups is 1. The number of amides is 1. The van der Waals surface area contributed by atoms with Crippen molar-refractivity contribution in [3.05, 3.63) is 35.4 Å². The van der Waals surface area contributed by atoms with Crippen LogP contribution < -0.4 is 16.2 Å². The zero-order chi connectivity index (χ0) is 16.5. The Morgan fingerprint density at radius 3 is 2.83 bits per heavy atom. The van der Waals surface area contributed by atoms with Crippen LogP contribution in [-0.4, -0.2) is 36.0 Å². The quantitative estimate of drug-likeness (QED) is 0.536. The molecule has 0 saturated carbocycles. The van der Waals surface area contributed by atoms with Crippen molar-refractivity contribution in [1.29, 1.82) is 0 Å². The van der Waals surface area contributed by atoms with Crippen molar-refractivity contribution in [1.82, 2.24) is 16.2 Å². The molecule has 0 radical (unpaired) electrons. The number of thiocarbonyl (C=S) groups is 1. The molecule has 0 aromatic heterocycles. The monoisotopic (exact) mass is 353 g/mol. The lowest BCUT2D eigenvalue weighted by Gasteiger charge is -2.14. The largest absolute Gasteiger partial charge is 0.376 e. The van der Waals surface area contributed by atoms with Gasteiger partial charge in [-0.1, -0.05) is 29.8 Å². The normalized spacial score (nSPS) is 16.8. The summed E-state index contributed by atoms with van der Waals surface area (Å²) in [5.41, 5.74) is 7.77. The van der Waals surface area contributed by atoms with Crippen molar-refractivity contribution in [2.24, 2.45) is 0 Å². The number of nitrogens with one attached hydrogen (secondary N) is 3. The van der Waals surface area contributed by atoms with E-state index in [1.807, 2.05) is 0 Å². The van der Waals surface area contributed by atoms with Gasteiger partial charge in [-0.2, -0.15) is 0 Å².